The van der Waals surface area contributed by atoms with Crippen molar-refractivity contribution in [1.29, 1.82) is 0 Å². The summed E-state index contributed by atoms with van der Waals surface area (Å²) in [5, 5.41) is 9.04. The first-order valence-corrected chi connectivity index (χ1v) is 6.89. The van der Waals surface area contributed by atoms with E-state index in [0.717, 1.165) is 17.5 Å². The van der Waals surface area contributed by atoms with Crippen molar-refractivity contribution in [1.82, 2.24) is 4.90 Å². The number of nitrogens with zero attached hydrogens (tertiary/aromatic N) is 1. The number of aliphatic carboxylic acids is 1. The first kappa shape index (κ1) is 15.8. The van der Waals surface area contributed by atoms with Crippen LogP contribution in [0.1, 0.15) is 24.5 Å². The van der Waals surface area contributed by atoms with Crippen molar-refractivity contribution in [2.45, 2.75) is 32.5 Å². The lowest BCUT2D eigenvalue weighted by Crippen LogP contribution is -2.47. The van der Waals surface area contributed by atoms with Crippen molar-refractivity contribution in [2.75, 3.05) is 13.1 Å². The standard InChI is InChI=1S/C15H18F3NO2/c1-2-11-5-3-4-6-12(11)9-19-8-7-14(10-19,13(20)21)15(16,17)18/h3-6H,2,7-10H2,1H3,(H,20,21). The predicted molar refractivity (Wildman–Crippen MR) is 71.8 cm³/mol. The minimum Gasteiger partial charge on any atom is -0.481 e. The van der Waals surface area contributed by atoms with Crippen LogP contribution < -0.4 is 0 Å². The van der Waals surface area contributed by atoms with Gasteiger partial charge in [0, 0.05) is 19.6 Å². The molecule has 1 aliphatic rings. The SMILES string of the molecule is CCc1ccccc1CN1CCC(C(=O)O)(C(F)(F)F)C1. The summed E-state index contributed by atoms with van der Waals surface area (Å²) in [6.07, 6.45) is -4.31. The highest BCUT2D eigenvalue weighted by Crippen LogP contribution is 2.46. The smallest absolute Gasteiger partial charge is 0.406 e. The van der Waals surface area contributed by atoms with Gasteiger partial charge in [0.2, 0.25) is 0 Å². The highest BCUT2D eigenvalue weighted by molar-refractivity contribution is 5.76. The number of carbonyl (C=O) groups is 1. The molecule has 0 aliphatic carbocycles. The van der Waals surface area contributed by atoms with Crippen LogP contribution in [0.5, 0.6) is 0 Å². The summed E-state index contributed by atoms with van der Waals surface area (Å²) in [4.78, 5) is 12.7. The molecule has 0 bridgehead atoms. The van der Waals surface area contributed by atoms with Crippen LogP contribution in [0.3, 0.4) is 0 Å². The van der Waals surface area contributed by atoms with Crippen LogP contribution in [0.15, 0.2) is 24.3 Å². The van der Waals surface area contributed by atoms with E-state index in [4.69, 9.17) is 5.11 Å². The topological polar surface area (TPSA) is 40.5 Å². The Bertz CT molecular complexity index is 530. The Balaban J connectivity index is 2.17. The number of carboxylic acid groups (broad SMARTS) is 1. The van der Waals surface area contributed by atoms with Gasteiger partial charge in [0.15, 0.2) is 5.41 Å². The van der Waals surface area contributed by atoms with Crippen LogP contribution >= 0.6 is 0 Å². The Morgan fingerprint density at radius 2 is 1.95 bits per heavy atom. The number of likely N-dealkylation sites (tertiary alicyclic amines) is 1. The summed E-state index contributed by atoms with van der Waals surface area (Å²) in [7, 11) is 0. The lowest BCUT2D eigenvalue weighted by molar-refractivity contribution is -0.227. The molecule has 1 fully saturated rings. The molecule has 116 valence electrons. The number of hydrogen-bond acceptors (Lipinski definition) is 2. The second kappa shape index (κ2) is 5.67. The van der Waals surface area contributed by atoms with Crippen LogP contribution in [0.25, 0.3) is 0 Å². The number of rotatable bonds is 4. The molecule has 1 saturated heterocycles. The molecule has 0 spiro atoms. The Hall–Kier alpha value is -1.56. The summed E-state index contributed by atoms with van der Waals surface area (Å²) in [5.41, 5.74) is -0.588. The van der Waals surface area contributed by atoms with Gasteiger partial charge in [0.05, 0.1) is 0 Å². The van der Waals surface area contributed by atoms with Gasteiger partial charge in [0.1, 0.15) is 0 Å². The second-order valence-corrected chi connectivity index (χ2v) is 5.47. The van der Waals surface area contributed by atoms with Crippen LogP contribution in [0.2, 0.25) is 0 Å². The van der Waals surface area contributed by atoms with Gasteiger partial charge in [-0.15, -0.1) is 0 Å². The molecular formula is C15H18F3NO2. The molecule has 1 aromatic rings. The first-order chi connectivity index (χ1) is 9.80. The van der Waals surface area contributed by atoms with Crippen LogP contribution in [-0.2, 0) is 17.8 Å². The zero-order chi connectivity index (χ0) is 15.7. The molecule has 0 saturated carbocycles. The van der Waals surface area contributed by atoms with Gasteiger partial charge in [-0.1, -0.05) is 31.2 Å². The van der Waals surface area contributed by atoms with Gasteiger partial charge in [-0.2, -0.15) is 13.2 Å². The van der Waals surface area contributed by atoms with E-state index in [1.165, 1.54) is 0 Å². The van der Waals surface area contributed by atoms with Gasteiger partial charge >= 0.3 is 12.1 Å². The van der Waals surface area contributed by atoms with E-state index in [1.54, 1.807) is 4.90 Å². The number of aryl methyl sites for hydroxylation is 1. The molecule has 1 unspecified atom stereocenters. The monoisotopic (exact) mass is 301 g/mol. The van der Waals surface area contributed by atoms with E-state index in [1.807, 2.05) is 31.2 Å². The molecule has 21 heavy (non-hydrogen) atoms. The molecule has 1 aliphatic heterocycles. The van der Waals surface area contributed by atoms with E-state index in [2.05, 4.69) is 0 Å². The number of carboxylic acids is 1. The fourth-order valence-corrected chi connectivity index (χ4v) is 2.85. The Kier molecular flexibility index (Phi) is 4.27. The predicted octanol–water partition coefficient (Wildman–Crippen LogP) is 3.09. The second-order valence-electron chi connectivity index (χ2n) is 5.47. The van der Waals surface area contributed by atoms with E-state index in [9.17, 15) is 18.0 Å². The van der Waals surface area contributed by atoms with Crippen molar-refractivity contribution in [3.8, 4) is 0 Å². The highest BCUT2D eigenvalue weighted by atomic mass is 19.4. The maximum absolute atomic E-state index is 13.1. The number of alkyl halides is 3. The number of hydrogen-bond donors (Lipinski definition) is 1. The quantitative estimate of drug-likeness (QED) is 0.929. The molecule has 0 radical (unpaired) electrons. The lowest BCUT2D eigenvalue weighted by Gasteiger charge is -2.27. The Morgan fingerprint density at radius 3 is 2.43 bits per heavy atom. The average Bonchev–Trinajstić information content (AvgIpc) is 2.84. The Morgan fingerprint density at radius 1 is 1.33 bits per heavy atom. The van der Waals surface area contributed by atoms with Crippen molar-refractivity contribution in [3.63, 3.8) is 0 Å². The van der Waals surface area contributed by atoms with E-state index in [-0.39, 0.29) is 13.0 Å². The highest BCUT2D eigenvalue weighted by Gasteiger charge is 2.63. The molecule has 0 amide bonds. The molecule has 1 aromatic carbocycles. The fraction of sp³-hybridized carbons (Fsp3) is 0.533. The number of benzene rings is 1. The zero-order valence-electron chi connectivity index (χ0n) is 11.8. The van der Waals surface area contributed by atoms with Crippen LogP contribution in [0.4, 0.5) is 13.2 Å². The van der Waals surface area contributed by atoms with Gasteiger partial charge in [-0.25, -0.2) is 0 Å². The maximum atomic E-state index is 13.1. The third-order valence-corrected chi connectivity index (χ3v) is 4.19. The van der Waals surface area contributed by atoms with Gasteiger partial charge in [-0.3, -0.25) is 9.69 Å². The van der Waals surface area contributed by atoms with Gasteiger partial charge < -0.3 is 5.11 Å². The van der Waals surface area contributed by atoms with E-state index < -0.39 is 24.1 Å². The van der Waals surface area contributed by atoms with Crippen molar-refractivity contribution in [3.05, 3.63) is 35.4 Å². The number of halogens is 3. The van der Waals surface area contributed by atoms with Crippen molar-refractivity contribution >= 4 is 5.97 Å². The Labute approximate surface area is 121 Å². The average molecular weight is 301 g/mol. The van der Waals surface area contributed by atoms with Crippen LogP contribution in [0, 0.1) is 5.41 Å². The molecule has 0 aromatic heterocycles. The molecule has 2 rings (SSSR count). The summed E-state index contributed by atoms with van der Waals surface area (Å²) in [6, 6.07) is 7.56. The normalized spacial score (nSPS) is 23.4. The summed E-state index contributed by atoms with van der Waals surface area (Å²) >= 11 is 0. The van der Waals surface area contributed by atoms with Crippen LogP contribution in [-0.4, -0.2) is 35.2 Å². The summed E-state index contributed by atoms with van der Waals surface area (Å²) in [5.74, 6) is -1.78. The molecule has 1 heterocycles. The van der Waals surface area contributed by atoms with Crippen molar-refractivity contribution < 1.29 is 23.1 Å². The largest absolute Gasteiger partial charge is 0.481 e. The van der Waals surface area contributed by atoms with E-state index >= 15 is 0 Å². The summed E-state index contributed by atoms with van der Waals surface area (Å²) in [6.45, 7) is 2.00. The van der Waals surface area contributed by atoms with E-state index in [0.29, 0.717) is 6.54 Å². The minimum absolute atomic E-state index is 0.143. The summed E-state index contributed by atoms with van der Waals surface area (Å²) < 4.78 is 39.4. The minimum atomic E-state index is -4.72. The fourth-order valence-electron chi connectivity index (χ4n) is 2.85. The molecule has 1 N–H and O–H groups in total. The van der Waals surface area contributed by atoms with Gasteiger partial charge in [-0.05, 0) is 24.0 Å². The zero-order valence-corrected chi connectivity index (χ0v) is 11.8. The van der Waals surface area contributed by atoms with Gasteiger partial charge in [0.25, 0.3) is 0 Å². The first-order valence-electron chi connectivity index (χ1n) is 6.89. The third kappa shape index (κ3) is 2.90. The molecule has 3 nitrogen and oxygen atoms in total. The molecule has 6 heteroatoms. The third-order valence-electron chi connectivity index (χ3n) is 4.19. The lowest BCUT2D eigenvalue weighted by atomic mass is 9.86. The maximum Gasteiger partial charge on any atom is 0.406 e. The molecular weight excluding hydrogens is 283 g/mol. The van der Waals surface area contributed by atoms with Crippen molar-refractivity contribution in [2.24, 2.45) is 5.41 Å². The molecule has 1 atom stereocenters.